The molecule has 0 heterocycles. The number of rotatable bonds is 2. The van der Waals surface area contributed by atoms with Gasteiger partial charge in [-0.05, 0) is 17.7 Å². The largest absolute Gasteiger partial charge is 0.478 e. The lowest BCUT2D eigenvalue weighted by molar-refractivity contribution is 0.0697. The van der Waals surface area contributed by atoms with E-state index >= 15 is 0 Å². The summed E-state index contributed by atoms with van der Waals surface area (Å²) in [6, 6.07) is 5.19. The first-order valence-electron chi connectivity index (χ1n) is 3.45. The molecule has 13 heavy (non-hydrogen) atoms. The number of aromatic carboxylic acids is 1. The van der Waals surface area contributed by atoms with Gasteiger partial charge >= 0.3 is 5.97 Å². The molecule has 0 aliphatic heterocycles. The molecule has 0 radical (unpaired) electrons. The summed E-state index contributed by atoms with van der Waals surface area (Å²) in [5.41, 5.74) is 0.362. The maximum atomic E-state index is 11.7. The van der Waals surface area contributed by atoms with Gasteiger partial charge in [0.05, 0.1) is 5.56 Å². The Balaban J connectivity index is 2.94. The summed E-state index contributed by atoms with van der Waals surface area (Å²) in [5.74, 6) is -1.07. The molecule has 0 aliphatic carbocycles. The molecule has 0 saturated carbocycles. The Hall–Kier alpha value is -1.71. The average Bonchev–Trinajstić information content (AvgIpc) is 2.04. The van der Waals surface area contributed by atoms with Crippen LogP contribution in [0.3, 0.4) is 0 Å². The smallest absolute Gasteiger partial charge is 0.335 e. The van der Waals surface area contributed by atoms with Crippen molar-refractivity contribution in [2.75, 3.05) is 0 Å². The van der Waals surface area contributed by atoms with E-state index in [0.29, 0.717) is 6.08 Å². The highest BCUT2D eigenvalue weighted by molar-refractivity contribution is 5.87. The van der Waals surface area contributed by atoms with Crippen LogP contribution in [0.4, 0.5) is 8.78 Å². The van der Waals surface area contributed by atoms with Gasteiger partial charge in [-0.25, -0.2) is 4.79 Å². The van der Waals surface area contributed by atoms with E-state index in [4.69, 9.17) is 5.11 Å². The van der Waals surface area contributed by atoms with Crippen molar-refractivity contribution in [1.29, 1.82) is 0 Å². The second-order valence-corrected chi connectivity index (χ2v) is 2.36. The predicted octanol–water partition coefficient (Wildman–Crippen LogP) is 2.62. The van der Waals surface area contributed by atoms with Crippen LogP contribution < -0.4 is 0 Å². The minimum Gasteiger partial charge on any atom is -0.478 e. The van der Waals surface area contributed by atoms with Gasteiger partial charge in [-0.15, -0.1) is 0 Å². The Morgan fingerprint density at radius 3 is 2.15 bits per heavy atom. The second kappa shape index (κ2) is 3.80. The summed E-state index contributed by atoms with van der Waals surface area (Å²) in [6.07, 6.45) is -1.13. The van der Waals surface area contributed by atoms with Crippen LogP contribution in [0.1, 0.15) is 15.9 Å². The van der Waals surface area contributed by atoms with Gasteiger partial charge in [0.2, 0.25) is 0 Å². The molecule has 68 valence electrons. The number of benzene rings is 1. The lowest BCUT2D eigenvalue weighted by atomic mass is 10.1. The highest BCUT2D eigenvalue weighted by Crippen LogP contribution is 2.10. The average molecular weight is 184 g/mol. The fourth-order valence-electron chi connectivity index (χ4n) is 0.848. The third kappa shape index (κ3) is 2.66. The van der Waals surface area contributed by atoms with Crippen LogP contribution in [0.15, 0.2) is 30.3 Å². The first kappa shape index (κ1) is 9.38. The van der Waals surface area contributed by atoms with Crippen LogP contribution in [0.25, 0.3) is 6.08 Å². The Bertz CT molecular complexity index is 337. The molecular weight excluding hydrogens is 178 g/mol. The minimum absolute atomic E-state index is 0.0800. The summed E-state index contributed by atoms with van der Waals surface area (Å²) in [6.45, 7) is 0. The molecule has 0 unspecified atom stereocenters. The van der Waals surface area contributed by atoms with E-state index in [9.17, 15) is 13.6 Å². The van der Waals surface area contributed by atoms with E-state index in [1.165, 1.54) is 24.3 Å². The summed E-state index contributed by atoms with van der Waals surface area (Å²) in [5, 5.41) is 8.49. The fraction of sp³-hybridized carbons (Fsp3) is 0. The number of carbonyl (C=O) groups is 1. The molecule has 0 fully saturated rings. The molecule has 0 amide bonds. The maximum absolute atomic E-state index is 11.7. The zero-order chi connectivity index (χ0) is 9.84. The fourth-order valence-corrected chi connectivity index (χ4v) is 0.848. The van der Waals surface area contributed by atoms with Gasteiger partial charge in [0.1, 0.15) is 0 Å². The maximum Gasteiger partial charge on any atom is 0.335 e. The molecule has 1 aromatic rings. The molecule has 0 aromatic heterocycles. The van der Waals surface area contributed by atoms with Crippen LogP contribution in [0, 0.1) is 0 Å². The van der Waals surface area contributed by atoms with Gasteiger partial charge in [0.15, 0.2) is 0 Å². The van der Waals surface area contributed by atoms with Crippen molar-refractivity contribution in [3.63, 3.8) is 0 Å². The molecule has 0 saturated heterocycles. The number of hydrogen-bond donors (Lipinski definition) is 1. The van der Waals surface area contributed by atoms with Crippen LogP contribution in [-0.4, -0.2) is 11.1 Å². The van der Waals surface area contributed by atoms with E-state index in [-0.39, 0.29) is 11.1 Å². The molecule has 0 bridgehead atoms. The quantitative estimate of drug-likeness (QED) is 0.767. The van der Waals surface area contributed by atoms with Crippen LogP contribution in [-0.2, 0) is 0 Å². The van der Waals surface area contributed by atoms with E-state index in [1.807, 2.05) is 0 Å². The van der Waals surface area contributed by atoms with Gasteiger partial charge in [0.25, 0.3) is 6.08 Å². The number of halogens is 2. The third-order valence-electron chi connectivity index (χ3n) is 1.43. The molecule has 0 aliphatic rings. The van der Waals surface area contributed by atoms with E-state index < -0.39 is 12.0 Å². The van der Waals surface area contributed by atoms with Crippen LogP contribution in [0.5, 0.6) is 0 Å². The van der Waals surface area contributed by atoms with Crippen molar-refractivity contribution < 1.29 is 18.7 Å². The monoisotopic (exact) mass is 184 g/mol. The summed E-state index contributed by atoms with van der Waals surface area (Å²) in [7, 11) is 0. The molecular formula is C9H6F2O2. The normalized spacial score (nSPS) is 9.38. The zero-order valence-corrected chi connectivity index (χ0v) is 6.50. The molecule has 2 nitrogen and oxygen atoms in total. The Labute approximate surface area is 73.1 Å². The van der Waals surface area contributed by atoms with Crippen molar-refractivity contribution in [2.24, 2.45) is 0 Å². The highest BCUT2D eigenvalue weighted by Gasteiger charge is 2.00. The summed E-state index contributed by atoms with van der Waals surface area (Å²) < 4.78 is 23.4. The topological polar surface area (TPSA) is 37.3 Å². The SMILES string of the molecule is O=C(O)c1ccc(C=C(F)F)cc1. The molecule has 4 heteroatoms. The van der Waals surface area contributed by atoms with Crippen molar-refractivity contribution in [1.82, 2.24) is 0 Å². The van der Waals surface area contributed by atoms with E-state index in [1.54, 1.807) is 0 Å². The molecule has 1 rings (SSSR count). The van der Waals surface area contributed by atoms with Crippen molar-refractivity contribution in [3.8, 4) is 0 Å². The van der Waals surface area contributed by atoms with Crippen LogP contribution >= 0.6 is 0 Å². The first-order chi connectivity index (χ1) is 6.09. The van der Waals surface area contributed by atoms with Crippen molar-refractivity contribution in [3.05, 3.63) is 41.5 Å². The van der Waals surface area contributed by atoms with Crippen molar-refractivity contribution >= 4 is 12.0 Å². The van der Waals surface area contributed by atoms with Gasteiger partial charge in [-0.1, -0.05) is 12.1 Å². The lowest BCUT2D eigenvalue weighted by Gasteiger charge is -1.94. The number of hydrogen-bond acceptors (Lipinski definition) is 1. The minimum atomic E-state index is -1.80. The lowest BCUT2D eigenvalue weighted by Crippen LogP contribution is -1.94. The molecule has 0 atom stereocenters. The van der Waals surface area contributed by atoms with Gasteiger partial charge in [0, 0.05) is 6.08 Å². The van der Waals surface area contributed by atoms with Gasteiger partial charge < -0.3 is 5.11 Å². The zero-order valence-electron chi connectivity index (χ0n) is 6.50. The first-order valence-corrected chi connectivity index (χ1v) is 3.45. The predicted molar refractivity (Wildman–Crippen MR) is 43.6 cm³/mol. The highest BCUT2D eigenvalue weighted by atomic mass is 19.3. The second-order valence-electron chi connectivity index (χ2n) is 2.36. The number of carboxylic acids is 1. The van der Waals surface area contributed by atoms with Crippen LogP contribution in [0.2, 0.25) is 0 Å². The number of carboxylic acid groups (broad SMARTS) is 1. The Morgan fingerprint density at radius 2 is 1.77 bits per heavy atom. The van der Waals surface area contributed by atoms with Crippen molar-refractivity contribution in [2.45, 2.75) is 0 Å². The van der Waals surface area contributed by atoms with Gasteiger partial charge in [-0.3, -0.25) is 0 Å². The Kier molecular flexibility index (Phi) is 2.74. The summed E-state index contributed by atoms with van der Waals surface area (Å²) in [4.78, 5) is 10.4. The van der Waals surface area contributed by atoms with E-state index in [0.717, 1.165) is 0 Å². The molecule has 1 N–H and O–H groups in total. The molecule has 1 aromatic carbocycles. The standard InChI is InChI=1S/C9H6F2O2/c10-8(11)5-6-1-3-7(4-2-6)9(12)13/h1-5H,(H,12,13). The van der Waals surface area contributed by atoms with Gasteiger partial charge in [-0.2, -0.15) is 8.78 Å². The molecule has 0 spiro atoms. The van der Waals surface area contributed by atoms with E-state index in [2.05, 4.69) is 0 Å². The Morgan fingerprint density at radius 1 is 1.23 bits per heavy atom. The third-order valence-corrected chi connectivity index (χ3v) is 1.43. The summed E-state index contributed by atoms with van der Waals surface area (Å²) >= 11 is 0.